The fraction of sp³-hybridized carbons (Fsp3) is 0.417. The van der Waals surface area contributed by atoms with Crippen LogP contribution in [0.25, 0.3) is 0 Å². The molecule has 2 aromatic carbocycles. The number of rotatable bonds is 11. The zero-order chi connectivity index (χ0) is 21.9. The third-order valence-corrected chi connectivity index (χ3v) is 4.25. The molecule has 1 N–H and O–H groups in total. The van der Waals surface area contributed by atoms with E-state index in [2.05, 4.69) is 19.2 Å². The maximum absolute atomic E-state index is 12.8. The lowest BCUT2D eigenvalue weighted by Gasteiger charge is -2.14. The van der Waals surface area contributed by atoms with E-state index < -0.39 is 0 Å². The van der Waals surface area contributed by atoms with Crippen LogP contribution in [0.1, 0.15) is 49.5 Å². The van der Waals surface area contributed by atoms with Crippen LogP contribution in [0.15, 0.2) is 42.5 Å². The van der Waals surface area contributed by atoms with Gasteiger partial charge in [0.1, 0.15) is 11.5 Å². The predicted molar refractivity (Wildman–Crippen MR) is 117 cm³/mol. The van der Waals surface area contributed by atoms with E-state index in [4.69, 9.17) is 14.2 Å². The minimum atomic E-state index is -0.255. The van der Waals surface area contributed by atoms with Gasteiger partial charge in [0.15, 0.2) is 0 Å². The number of esters is 1. The molecule has 162 valence electrons. The molecule has 0 bridgehead atoms. The average molecular weight is 414 g/mol. The van der Waals surface area contributed by atoms with E-state index in [0.717, 1.165) is 11.3 Å². The summed E-state index contributed by atoms with van der Waals surface area (Å²) in [5.74, 6) is 1.20. The summed E-state index contributed by atoms with van der Waals surface area (Å²) >= 11 is 0. The molecule has 0 radical (unpaired) electrons. The van der Waals surface area contributed by atoms with Gasteiger partial charge in [-0.3, -0.25) is 9.59 Å². The van der Waals surface area contributed by atoms with Gasteiger partial charge in [-0.05, 0) is 62.1 Å². The van der Waals surface area contributed by atoms with Gasteiger partial charge in [-0.2, -0.15) is 0 Å². The third-order valence-electron chi connectivity index (χ3n) is 4.25. The van der Waals surface area contributed by atoms with Crippen LogP contribution in [0, 0.1) is 12.8 Å². The molecule has 30 heavy (non-hydrogen) atoms. The summed E-state index contributed by atoms with van der Waals surface area (Å²) in [6, 6.07) is 12.7. The van der Waals surface area contributed by atoms with Crippen LogP contribution < -0.4 is 14.8 Å². The molecule has 6 nitrogen and oxygen atoms in total. The number of nitrogens with one attached hydrogen (secondary N) is 1. The van der Waals surface area contributed by atoms with Crippen molar-refractivity contribution in [3.8, 4) is 11.5 Å². The summed E-state index contributed by atoms with van der Waals surface area (Å²) in [7, 11) is 0. The Morgan fingerprint density at radius 3 is 2.53 bits per heavy atom. The minimum absolute atomic E-state index is 0.247. The Kier molecular flexibility index (Phi) is 9.19. The standard InChI is InChI=1S/C24H31NO5/c1-5-28-23(26)11-8-14-29-22-10-7-6-9-20(22)24(27)25-21-13-12-19(15-18(21)4)30-16-17(2)3/h6-7,9-10,12-13,15,17H,5,8,11,14,16H2,1-4H3,(H,25,27). The second kappa shape index (κ2) is 11.9. The van der Waals surface area contributed by atoms with E-state index in [1.54, 1.807) is 25.1 Å². The van der Waals surface area contributed by atoms with Crippen LogP contribution >= 0.6 is 0 Å². The fourth-order valence-corrected chi connectivity index (χ4v) is 2.73. The molecule has 0 heterocycles. The first-order chi connectivity index (χ1) is 14.4. The number of amides is 1. The highest BCUT2D eigenvalue weighted by molar-refractivity contribution is 6.06. The molecular formula is C24H31NO5. The molecule has 0 atom stereocenters. The monoisotopic (exact) mass is 413 g/mol. The first-order valence-corrected chi connectivity index (χ1v) is 10.3. The Hall–Kier alpha value is -3.02. The van der Waals surface area contributed by atoms with E-state index >= 15 is 0 Å². The van der Waals surface area contributed by atoms with E-state index in [-0.39, 0.29) is 18.3 Å². The van der Waals surface area contributed by atoms with E-state index in [1.807, 2.05) is 31.2 Å². The molecular weight excluding hydrogens is 382 g/mol. The van der Waals surface area contributed by atoms with E-state index in [9.17, 15) is 9.59 Å². The molecule has 6 heteroatoms. The van der Waals surface area contributed by atoms with Crippen molar-refractivity contribution in [1.29, 1.82) is 0 Å². The topological polar surface area (TPSA) is 73.9 Å². The summed E-state index contributed by atoms with van der Waals surface area (Å²) in [6.07, 6.45) is 0.804. The van der Waals surface area contributed by atoms with Crippen LogP contribution in [-0.2, 0) is 9.53 Å². The maximum atomic E-state index is 12.8. The molecule has 2 rings (SSSR count). The quantitative estimate of drug-likeness (QED) is 0.414. The summed E-state index contributed by atoms with van der Waals surface area (Å²) in [5.41, 5.74) is 2.07. The van der Waals surface area contributed by atoms with Gasteiger partial charge in [-0.25, -0.2) is 0 Å². The van der Waals surface area contributed by atoms with Crippen LogP contribution in [0.2, 0.25) is 0 Å². The maximum Gasteiger partial charge on any atom is 0.305 e. The van der Waals surface area contributed by atoms with Crippen LogP contribution in [0.5, 0.6) is 11.5 Å². The number of ether oxygens (including phenoxy) is 3. The van der Waals surface area contributed by atoms with Crippen molar-refractivity contribution < 1.29 is 23.8 Å². The smallest absolute Gasteiger partial charge is 0.305 e. The molecule has 0 aliphatic heterocycles. The molecule has 0 aliphatic rings. The van der Waals surface area contributed by atoms with Crippen LogP contribution in [-0.4, -0.2) is 31.7 Å². The summed E-state index contributed by atoms with van der Waals surface area (Å²) in [4.78, 5) is 24.2. The number of para-hydroxylation sites is 1. The number of hydrogen-bond acceptors (Lipinski definition) is 5. The molecule has 0 spiro atoms. The van der Waals surface area contributed by atoms with Crippen molar-refractivity contribution in [3.63, 3.8) is 0 Å². The fourth-order valence-electron chi connectivity index (χ4n) is 2.73. The first-order valence-electron chi connectivity index (χ1n) is 10.3. The summed E-state index contributed by atoms with van der Waals surface area (Å²) in [6.45, 7) is 9.23. The molecule has 0 unspecified atom stereocenters. The normalized spacial score (nSPS) is 10.6. The second-order valence-electron chi connectivity index (χ2n) is 7.39. The van der Waals surface area contributed by atoms with Crippen molar-refractivity contribution in [1.82, 2.24) is 0 Å². The van der Waals surface area contributed by atoms with Crippen LogP contribution in [0.4, 0.5) is 5.69 Å². The van der Waals surface area contributed by atoms with Gasteiger partial charge in [0.05, 0.1) is 25.4 Å². The lowest BCUT2D eigenvalue weighted by Crippen LogP contribution is -2.15. The van der Waals surface area contributed by atoms with Gasteiger partial charge in [0.25, 0.3) is 5.91 Å². The number of anilines is 1. The largest absolute Gasteiger partial charge is 0.493 e. The molecule has 0 aliphatic carbocycles. The lowest BCUT2D eigenvalue weighted by molar-refractivity contribution is -0.143. The third kappa shape index (κ3) is 7.43. The van der Waals surface area contributed by atoms with Gasteiger partial charge < -0.3 is 19.5 Å². The summed E-state index contributed by atoms with van der Waals surface area (Å²) < 4.78 is 16.4. The molecule has 0 aromatic heterocycles. The molecule has 1 amide bonds. The molecule has 0 saturated heterocycles. The minimum Gasteiger partial charge on any atom is -0.493 e. The van der Waals surface area contributed by atoms with Crippen molar-refractivity contribution in [2.24, 2.45) is 5.92 Å². The SMILES string of the molecule is CCOC(=O)CCCOc1ccccc1C(=O)Nc1ccc(OCC(C)C)cc1C. The highest BCUT2D eigenvalue weighted by Gasteiger charge is 2.14. The molecule has 2 aromatic rings. The van der Waals surface area contributed by atoms with Gasteiger partial charge in [0, 0.05) is 12.1 Å². The van der Waals surface area contributed by atoms with Crippen molar-refractivity contribution in [2.45, 2.75) is 40.5 Å². The highest BCUT2D eigenvalue weighted by atomic mass is 16.5. The Balaban J connectivity index is 1.98. The Morgan fingerprint density at radius 2 is 1.83 bits per heavy atom. The highest BCUT2D eigenvalue weighted by Crippen LogP contribution is 2.24. The Labute approximate surface area is 178 Å². The van der Waals surface area contributed by atoms with Crippen molar-refractivity contribution in [3.05, 3.63) is 53.6 Å². The Bertz CT molecular complexity index is 847. The van der Waals surface area contributed by atoms with Crippen molar-refractivity contribution >= 4 is 17.6 Å². The van der Waals surface area contributed by atoms with Crippen LogP contribution in [0.3, 0.4) is 0 Å². The van der Waals surface area contributed by atoms with Gasteiger partial charge >= 0.3 is 5.97 Å². The Morgan fingerprint density at radius 1 is 1.07 bits per heavy atom. The number of hydrogen-bond donors (Lipinski definition) is 1. The second-order valence-corrected chi connectivity index (χ2v) is 7.39. The van der Waals surface area contributed by atoms with Gasteiger partial charge in [0.2, 0.25) is 0 Å². The zero-order valence-corrected chi connectivity index (χ0v) is 18.2. The number of benzene rings is 2. The van der Waals surface area contributed by atoms with E-state index in [0.29, 0.717) is 49.2 Å². The number of carbonyl (C=O) groups excluding carboxylic acids is 2. The first kappa shape index (κ1) is 23.3. The average Bonchev–Trinajstić information content (AvgIpc) is 2.72. The summed E-state index contributed by atoms with van der Waals surface area (Å²) in [5, 5.41) is 2.94. The predicted octanol–water partition coefficient (Wildman–Crippen LogP) is 5.00. The molecule has 0 saturated carbocycles. The van der Waals surface area contributed by atoms with Gasteiger partial charge in [-0.1, -0.05) is 26.0 Å². The molecule has 0 fully saturated rings. The van der Waals surface area contributed by atoms with E-state index in [1.165, 1.54) is 0 Å². The lowest BCUT2D eigenvalue weighted by atomic mass is 10.1. The number of aryl methyl sites for hydroxylation is 1. The van der Waals surface area contributed by atoms with Crippen molar-refractivity contribution in [2.75, 3.05) is 25.1 Å². The van der Waals surface area contributed by atoms with Gasteiger partial charge in [-0.15, -0.1) is 0 Å². The zero-order valence-electron chi connectivity index (χ0n) is 18.2. The number of carbonyl (C=O) groups is 2.